The number of rotatable bonds is 6. The Kier molecular flexibility index (Phi) is 6.04. The Bertz CT molecular complexity index is 663. The highest BCUT2D eigenvalue weighted by Gasteiger charge is 2.21. The third-order valence-corrected chi connectivity index (χ3v) is 4.86. The predicted octanol–water partition coefficient (Wildman–Crippen LogP) is 3.33. The summed E-state index contributed by atoms with van der Waals surface area (Å²) in [5, 5.41) is 10.2. The predicted molar refractivity (Wildman–Crippen MR) is 96.7 cm³/mol. The highest BCUT2D eigenvalue weighted by molar-refractivity contribution is 5.74. The Morgan fingerprint density at radius 2 is 2.00 bits per heavy atom. The minimum atomic E-state index is -0.169. The lowest BCUT2D eigenvalue weighted by Crippen LogP contribution is -2.38. The van der Waals surface area contributed by atoms with E-state index < -0.39 is 0 Å². The number of aryl methyl sites for hydroxylation is 1. The van der Waals surface area contributed by atoms with Gasteiger partial charge in [0.05, 0.1) is 12.6 Å². The second-order valence-electron chi connectivity index (χ2n) is 6.86. The minimum absolute atomic E-state index is 0.0426. The lowest BCUT2D eigenvalue weighted by atomic mass is 9.83. The number of urea groups is 1. The molecule has 25 heavy (non-hydrogen) atoms. The highest BCUT2D eigenvalue weighted by Crippen LogP contribution is 2.31. The van der Waals surface area contributed by atoms with Crippen LogP contribution in [0.2, 0.25) is 0 Å². The van der Waals surface area contributed by atoms with Crippen molar-refractivity contribution in [3.8, 4) is 0 Å². The molecule has 0 bridgehead atoms. The van der Waals surface area contributed by atoms with Gasteiger partial charge in [-0.15, -0.1) is 0 Å². The Morgan fingerprint density at radius 1 is 1.24 bits per heavy atom. The molecule has 0 saturated heterocycles. The summed E-state index contributed by atoms with van der Waals surface area (Å²) in [5.41, 5.74) is 1.17. The molecule has 1 aromatic carbocycles. The molecule has 2 aromatic rings. The smallest absolute Gasteiger partial charge is 0.315 e. The number of hydrogen-bond acceptors (Lipinski definition) is 3. The van der Waals surface area contributed by atoms with Crippen LogP contribution in [0.1, 0.15) is 56.0 Å². The molecule has 1 aromatic heterocycles. The van der Waals surface area contributed by atoms with Crippen molar-refractivity contribution in [3.05, 3.63) is 48.0 Å². The van der Waals surface area contributed by atoms with Crippen molar-refractivity contribution in [1.29, 1.82) is 0 Å². The molecule has 134 valence electrons. The zero-order valence-electron chi connectivity index (χ0n) is 14.8. The molecule has 0 spiro atoms. The van der Waals surface area contributed by atoms with Crippen LogP contribution >= 0.6 is 0 Å². The SMILES string of the molecule is Cn1cnc(CNC(=O)N[C@H](CC2CCCCC2)c2ccccc2)n1. The van der Waals surface area contributed by atoms with Crippen molar-refractivity contribution in [1.82, 2.24) is 25.4 Å². The zero-order valence-corrected chi connectivity index (χ0v) is 14.8. The van der Waals surface area contributed by atoms with Crippen molar-refractivity contribution >= 4 is 6.03 Å². The van der Waals surface area contributed by atoms with Crippen LogP contribution < -0.4 is 10.6 Å². The number of benzene rings is 1. The number of nitrogens with zero attached hydrogens (tertiary/aromatic N) is 3. The summed E-state index contributed by atoms with van der Waals surface area (Å²) < 4.78 is 1.63. The molecular formula is C19H27N5O. The summed E-state index contributed by atoms with van der Waals surface area (Å²) in [6, 6.07) is 10.1. The second kappa shape index (κ2) is 8.65. The summed E-state index contributed by atoms with van der Waals surface area (Å²) >= 11 is 0. The van der Waals surface area contributed by atoms with E-state index in [2.05, 4.69) is 32.8 Å². The second-order valence-corrected chi connectivity index (χ2v) is 6.86. The molecular weight excluding hydrogens is 314 g/mol. The molecule has 0 unspecified atom stereocenters. The summed E-state index contributed by atoms with van der Waals surface area (Å²) in [5.74, 6) is 1.30. The minimum Gasteiger partial charge on any atom is -0.331 e. The molecule has 1 aliphatic rings. The fourth-order valence-corrected chi connectivity index (χ4v) is 3.55. The van der Waals surface area contributed by atoms with E-state index in [1.165, 1.54) is 37.7 Å². The first-order valence-corrected chi connectivity index (χ1v) is 9.14. The van der Waals surface area contributed by atoms with Crippen LogP contribution in [-0.2, 0) is 13.6 Å². The standard InChI is InChI=1S/C19H27N5O/c1-24-14-21-18(23-24)13-20-19(25)22-17(16-10-6-3-7-11-16)12-15-8-4-2-5-9-15/h3,6-7,10-11,14-15,17H,2,4-5,8-9,12-13H2,1H3,(H2,20,22,25)/t17-/m1/s1. The van der Waals surface area contributed by atoms with Crippen LogP contribution in [0.3, 0.4) is 0 Å². The number of nitrogens with one attached hydrogen (secondary N) is 2. The van der Waals surface area contributed by atoms with Gasteiger partial charge in [-0.1, -0.05) is 62.4 Å². The lowest BCUT2D eigenvalue weighted by Gasteiger charge is -2.27. The van der Waals surface area contributed by atoms with Crippen LogP contribution in [0.25, 0.3) is 0 Å². The summed E-state index contributed by atoms with van der Waals surface area (Å²) in [7, 11) is 1.81. The number of hydrogen-bond donors (Lipinski definition) is 2. The average Bonchev–Trinajstić information content (AvgIpc) is 3.06. The zero-order chi connectivity index (χ0) is 17.5. The van der Waals surface area contributed by atoms with Gasteiger partial charge in [0.15, 0.2) is 5.82 Å². The quantitative estimate of drug-likeness (QED) is 0.846. The monoisotopic (exact) mass is 341 g/mol. The van der Waals surface area contributed by atoms with Gasteiger partial charge in [-0.2, -0.15) is 5.10 Å². The Hall–Kier alpha value is -2.37. The molecule has 2 amide bonds. The maximum absolute atomic E-state index is 12.4. The molecule has 1 heterocycles. The van der Waals surface area contributed by atoms with E-state index in [1.807, 2.05) is 25.2 Å². The molecule has 3 rings (SSSR count). The lowest BCUT2D eigenvalue weighted by molar-refractivity contribution is 0.230. The van der Waals surface area contributed by atoms with E-state index in [0.29, 0.717) is 18.3 Å². The Balaban J connectivity index is 1.59. The maximum Gasteiger partial charge on any atom is 0.315 e. The number of carbonyl (C=O) groups excluding carboxylic acids is 1. The number of aromatic nitrogens is 3. The van der Waals surface area contributed by atoms with Gasteiger partial charge in [-0.05, 0) is 17.9 Å². The Labute approximate surface area is 149 Å². The van der Waals surface area contributed by atoms with Crippen molar-refractivity contribution < 1.29 is 4.79 Å². The normalized spacial score (nSPS) is 16.4. The highest BCUT2D eigenvalue weighted by atomic mass is 16.2. The van der Waals surface area contributed by atoms with Crippen molar-refractivity contribution in [3.63, 3.8) is 0 Å². The van der Waals surface area contributed by atoms with E-state index in [4.69, 9.17) is 0 Å². The van der Waals surface area contributed by atoms with Crippen molar-refractivity contribution in [2.24, 2.45) is 13.0 Å². The van der Waals surface area contributed by atoms with Gasteiger partial charge >= 0.3 is 6.03 Å². The molecule has 2 N–H and O–H groups in total. The first-order valence-electron chi connectivity index (χ1n) is 9.14. The third-order valence-electron chi connectivity index (χ3n) is 4.86. The van der Waals surface area contributed by atoms with E-state index >= 15 is 0 Å². The van der Waals surface area contributed by atoms with Crippen molar-refractivity contribution in [2.75, 3.05) is 0 Å². The van der Waals surface area contributed by atoms with Gasteiger partial charge in [0.2, 0.25) is 0 Å². The van der Waals surface area contributed by atoms with Crippen LogP contribution in [-0.4, -0.2) is 20.8 Å². The molecule has 0 radical (unpaired) electrons. The number of carbonyl (C=O) groups is 1. The van der Waals surface area contributed by atoms with E-state index in [1.54, 1.807) is 11.0 Å². The molecule has 6 heteroatoms. The van der Waals surface area contributed by atoms with Gasteiger partial charge < -0.3 is 10.6 Å². The van der Waals surface area contributed by atoms with Crippen LogP contribution in [0.4, 0.5) is 4.79 Å². The molecule has 6 nitrogen and oxygen atoms in total. The fourth-order valence-electron chi connectivity index (χ4n) is 3.55. The topological polar surface area (TPSA) is 71.8 Å². The van der Waals surface area contributed by atoms with Gasteiger partial charge in [-0.25, -0.2) is 9.78 Å². The largest absolute Gasteiger partial charge is 0.331 e. The summed E-state index contributed by atoms with van der Waals surface area (Å²) in [4.78, 5) is 16.5. The fraction of sp³-hybridized carbons (Fsp3) is 0.526. The van der Waals surface area contributed by atoms with Crippen LogP contribution in [0.5, 0.6) is 0 Å². The molecule has 0 aliphatic heterocycles. The molecule has 1 atom stereocenters. The molecule has 1 aliphatic carbocycles. The van der Waals surface area contributed by atoms with E-state index in [-0.39, 0.29) is 12.1 Å². The maximum atomic E-state index is 12.4. The van der Waals surface area contributed by atoms with Gasteiger partial charge in [0, 0.05) is 7.05 Å². The van der Waals surface area contributed by atoms with E-state index in [0.717, 1.165) is 6.42 Å². The van der Waals surface area contributed by atoms with E-state index in [9.17, 15) is 4.79 Å². The first kappa shape index (κ1) is 17.5. The Morgan fingerprint density at radius 3 is 2.68 bits per heavy atom. The number of amides is 2. The van der Waals surface area contributed by atoms with Crippen molar-refractivity contribution in [2.45, 2.75) is 51.1 Å². The molecule has 1 fully saturated rings. The average molecular weight is 341 g/mol. The van der Waals surface area contributed by atoms with Gasteiger partial charge in [0.25, 0.3) is 0 Å². The third kappa shape index (κ3) is 5.31. The first-order chi connectivity index (χ1) is 12.2. The van der Waals surface area contributed by atoms with Gasteiger partial charge in [0.1, 0.15) is 6.33 Å². The van der Waals surface area contributed by atoms with Crippen LogP contribution in [0.15, 0.2) is 36.7 Å². The summed E-state index contributed by atoms with van der Waals surface area (Å²) in [6.07, 6.45) is 9.13. The van der Waals surface area contributed by atoms with Crippen LogP contribution in [0, 0.1) is 5.92 Å². The van der Waals surface area contributed by atoms with Gasteiger partial charge in [-0.3, -0.25) is 4.68 Å². The summed E-state index contributed by atoms with van der Waals surface area (Å²) in [6.45, 7) is 0.331. The molecule has 1 saturated carbocycles.